The second kappa shape index (κ2) is 5.20. The number of hydrogen-bond acceptors (Lipinski definition) is 3. The van der Waals surface area contributed by atoms with E-state index in [0.29, 0.717) is 6.42 Å². The molecule has 2 N–H and O–H groups in total. The summed E-state index contributed by atoms with van der Waals surface area (Å²) >= 11 is 7.47. The van der Waals surface area contributed by atoms with Gasteiger partial charge in [-0.15, -0.1) is 11.3 Å². The molecule has 3 nitrogen and oxygen atoms in total. The van der Waals surface area contributed by atoms with Crippen LogP contribution in [0.25, 0.3) is 0 Å². The maximum atomic E-state index is 11.7. The number of halogens is 1. The lowest BCUT2D eigenvalue weighted by molar-refractivity contribution is -0.118. The molecule has 1 amide bonds. The molecule has 1 unspecified atom stereocenters. The summed E-state index contributed by atoms with van der Waals surface area (Å²) in [6, 6.07) is 9.75. The van der Waals surface area contributed by atoms with E-state index in [1.54, 1.807) is 4.90 Å². The van der Waals surface area contributed by atoms with Crippen molar-refractivity contribution in [2.75, 3.05) is 11.9 Å². The van der Waals surface area contributed by atoms with Gasteiger partial charge in [0.2, 0.25) is 5.91 Å². The minimum atomic E-state index is -0.166. The van der Waals surface area contributed by atoms with Crippen LogP contribution in [0.5, 0.6) is 0 Å². The van der Waals surface area contributed by atoms with E-state index in [9.17, 15) is 4.79 Å². The standard InChI is InChI=1S/C15H15ClN2OS/c1-18-11-4-2-10(8-9(11)3-7-14(18)19)15(17)12-5-6-13(16)20-12/h2,4-6,8,15H,3,7,17H2,1H3. The van der Waals surface area contributed by atoms with Crippen LogP contribution in [0.15, 0.2) is 30.3 Å². The Hall–Kier alpha value is -1.36. The molecule has 2 heterocycles. The van der Waals surface area contributed by atoms with E-state index in [1.807, 2.05) is 31.3 Å². The number of anilines is 1. The fourth-order valence-electron chi connectivity index (χ4n) is 2.53. The van der Waals surface area contributed by atoms with Gasteiger partial charge in [0.15, 0.2) is 0 Å². The predicted octanol–water partition coefficient (Wildman–Crippen LogP) is 3.36. The van der Waals surface area contributed by atoms with Crippen LogP contribution < -0.4 is 10.6 Å². The summed E-state index contributed by atoms with van der Waals surface area (Å²) in [5.41, 5.74) is 9.53. The van der Waals surface area contributed by atoms with Crippen LogP contribution in [0.1, 0.15) is 28.5 Å². The van der Waals surface area contributed by atoms with Gasteiger partial charge in [-0.2, -0.15) is 0 Å². The lowest BCUT2D eigenvalue weighted by atomic mass is 9.96. The summed E-state index contributed by atoms with van der Waals surface area (Å²) in [4.78, 5) is 14.5. The first-order chi connectivity index (χ1) is 9.56. The average molecular weight is 307 g/mol. The molecule has 0 bridgehead atoms. The van der Waals surface area contributed by atoms with E-state index < -0.39 is 0 Å². The van der Waals surface area contributed by atoms with Gasteiger partial charge >= 0.3 is 0 Å². The van der Waals surface area contributed by atoms with Gasteiger partial charge in [0.05, 0.1) is 10.4 Å². The SMILES string of the molecule is CN1C(=O)CCc2cc(C(N)c3ccc(Cl)s3)ccc21. The number of thiophene rings is 1. The normalized spacial score (nSPS) is 16.1. The van der Waals surface area contributed by atoms with Gasteiger partial charge in [-0.05, 0) is 35.7 Å². The fraction of sp³-hybridized carbons (Fsp3) is 0.267. The van der Waals surface area contributed by atoms with E-state index >= 15 is 0 Å². The largest absolute Gasteiger partial charge is 0.320 e. The van der Waals surface area contributed by atoms with Crippen LogP contribution in [0, 0.1) is 0 Å². The monoisotopic (exact) mass is 306 g/mol. The third-order valence-electron chi connectivity index (χ3n) is 3.71. The summed E-state index contributed by atoms with van der Waals surface area (Å²) in [5.74, 6) is 0.166. The Morgan fingerprint density at radius 1 is 1.30 bits per heavy atom. The summed E-state index contributed by atoms with van der Waals surface area (Å²) in [6.07, 6.45) is 1.34. The van der Waals surface area contributed by atoms with Crippen molar-refractivity contribution in [2.24, 2.45) is 5.73 Å². The van der Waals surface area contributed by atoms with E-state index in [4.69, 9.17) is 17.3 Å². The highest BCUT2D eigenvalue weighted by atomic mass is 35.5. The smallest absolute Gasteiger partial charge is 0.227 e. The minimum absolute atomic E-state index is 0.166. The molecule has 0 spiro atoms. The van der Waals surface area contributed by atoms with E-state index in [-0.39, 0.29) is 11.9 Å². The molecule has 0 saturated heterocycles. The molecule has 1 atom stereocenters. The molecular formula is C15H15ClN2OS. The molecule has 0 aliphatic carbocycles. The third kappa shape index (κ3) is 2.35. The van der Waals surface area contributed by atoms with E-state index in [2.05, 4.69) is 6.07 Å². The predicted molar refractivity (Wildman–Crippen MR) is 83.5 cm³/mol. The maximum absolute atomic E-state index is 11.7. The molecule has 1 aliphatic rings. The number of hydrogen-bond donors (Lipinski definition) is 1. The summed E-state index contributed by atoms with van der Waals surface area (Å²) in [5, 5.41) is 0. The minimum Gasteiger partial charge on any atom is -0.320 e. The van der Waals surface area contributed by atoms with Gasteiger partial charge in [-0.1, -0.05) is 23.7 Å². The van der Waals surface area contributed by atoms with E-state index in [0.717, 1.165) is 26.9 Å². The van der Waals surface area contributed by atoms with Gasteiger partial charge in [0.25, 0.3) is 0 Å². The van der Waals surface area contributed by atoms with E-state index in [1.165, 1.54) is 16.9 Å². The Labute approximate surface area is 127 Å². The van der Waals surface area contributed by atoms with Crippen LogP contribution in [0.4, 0.5) is 5.69 Å². The quantitative estimate of drug-likeness (QED) is 0.925. The van der Waals surface area contributed by atoms with Crippen molar-refractivity contribution in [3.8, 4) is 0 Å². The number of rotatable bonds is 2. The second-order valence-electron chi connectivity index (χ2n) is 4.96. The fourth-order valence-corrected chi connectivity index (χ4v) is 3.62. The van der Waals surface area contributed by atoms with Crippen LogP contribution >= 0.6 is 22.9 Å². The maximum Gasteiger partial charge on any atom is 0.227 e. The number of benzene rings is 1. The topological polar surface area (TPSA) is 46.3 Å². The summed E-state index contributed by atoms with van der Waals surface area (Å²) in [6.45, 7) is 0. The van der Waals surface area contributed by atoms with Gasteiger partial charge in [-0.25, -0.2) is 0 Å². The molecular weight excluding hydrogens is 292 g/mol. The number of carbonyl (C=O) groups is 1. The van der Waals surface area contributed by atoms with Crippen LogP contribution in [-0.4, -0.2) is 13.0 Å². The lowest BCUT2D eigenvalue weighted by Gasteiger charge is -2.26. The van der Waals surface area contributed by atoms with Crippen molar-refractivity contribution in [1.82, 2.24) is 0 Å². The van der Waals surface area contributed by atoms with Crippen molar-refractivity contribution in [3.63, 3.8) is 0 Å². The van der Waals surface area contributed by atoms with Gasteiger partial charge in [-0.3, -0.25) is 4.79 Å². The molecule has 0 radical (unpaired) electrons. The van der Waals surface area contributed by atoms with Crippen molar-refractivity contribution in [3.05, 3.63) is 50.7 Å². The molecule has 0 fully saturated rings. The van der Waals surface area contributed by atoms with Crippen molar-refractivity contribution in [2.45, 2.75) is 18.9 Å². The van der Waals surface area contributed by atoms with Crippen molar-refractivity contribution < 1.29 is 4.79 Å². The Bertz CT molecular complexity index is 668. The number of aryl methyl sites for hydroxylation is 1. The highest BCUT2D eigenvalue weighted by Crippen LogP contribution is 2.33. The Kier molecular flexibility index (Phi) is 3.54. The van der Waals surface area contributed by atoms with Crippen LogP contribution in [0.2, 0.25) is 4.34 Å². The first-order valence-electron chi connectivity index (χ1n) is 6.46. The Morgan fingerprint density at radius 2 is 2.10 bits per heavy atom. The van der Waals surface area contributed by atoms with Gasteiger partial charge < -0.3 is 10.6 Å². The first-order valence-corrected chi connectivity index (χ1v) is 7.66. The molecule has 2 aromatic rings. The zero-order valence-electron chi connectivity index (χ0n) is 11.1. The molecule has 1 aromatic carbocycles. The third-order valence-corrected chi connectivity index (χ3v) is 5.02. The van der Waals surface area contributed by atoms with Crippen LogP contribution in [0.3, 0.4) is 0 Å². The number of fused-ring (bicyclic) bond motifs is 1. The van der Waals surface area contributed by atoms with Gasteiger partial charge in [0.1, 0.15) is 0 Å². The Balaban J connectivity index is 1.95. The number of nitrogens with zero attached hydrogens (tertiary/aromatic N) is 1. The Morgan fingerprint density at radius 3 is 2.80 bits per heavy atom. The molecule has 0 saturated carbocycles. The highest BCUT2D eigenvalue weighted by molar-refractivity contribution is 7.16. The molecule has 20 heavy (non-hydrogen) atoms. The van der Waals surface area contributed by atoms with Crippen molar-refractivity contribution in [1.29, 1.82) is 0 Å². The number of carbonyl (C=O) groups excluding carboxylic acids is 1. The molecule has 1 aromatic heterocycles. The van der Waals surface area contributed by atoms with Gasteiger partial charge in [0, 0.05) is 24.0 Å². The molecule has 1 aliphatic heterocycles. The number of nitrogens with two attached hydrogens (primary N) is 1. The zero-order chi connectivity index (χ0) is 14.3. The van der Waals surface area contributed by atoms with Crippen LogP contribution in [-0.2, 0) is 11.2 Å². The zero-order valence-corrected chi connectivity index (χ0v) is 12.7. The molecule has 5 heteroatoms. The molecule has 3 rings (SSSR count). The van der Waals surface area contributed by atoms with Crippen molar-refractivity contribution >= 4 is 34.5 Å². The summed E-state index contributed by atoms with van der Waals surface area (Å²) in [7, 11) is 1.82. The second-order valence-corrected chi connectivity index (χ2v) is 6.71. The average Bonchev–Trinajstić information content (AvgIpc) is 2.88. The summed E-state index contributed by atoms with van der Waals surface area (Å²) < 4.78 is 0.749. The number of amides is 1. The lowest BCUT2D eigenvalue weighted by Crippen LogP contribution is -2.31. The molecule has 104 valence electrons. The first kappa shape index (κ1) is 13.6. The highest BCUT2D eigenvalue weighted by Gasteiger charge is 2.22.